The highest BCUT2D eigenvalue weighted by molar-refractivity contribution is 5.74. The molecule has 7 heteroatoms. The number of nitrogens with zero attached hydrogens (tertiary/aromatic N) is 1. The molecule has 1 heterocycles. The van der Waals surface area contributed by atoms with Crippen LogP contribution in [0.4, 0.5) is 13.6 Å². The van der Waals surface area contributed by atoms with Crippen LogP contribution in [0.25, 0.3) is 0 Å². The first-order valence-electron chi connectivity index (χ1n) is 9.23. The quantitative estimate of drug-likeness (QED) is 0.796. The zero-order valence-electron chi connectivity index (χ0n) is 15.5. The summed E-state index contributed by atoms with van der Waals surface area (Å²) < 4.78 is 33.0. The van der Waals surface area contributed by atoms with Crippen LogP contribution in [-0.4, -0.2) is 41.2 Å². The predicted molar refractivity (Wildman–Crippen MR) is 101 cm³/mol. The van der Waals surface area contributed by atoms with Gasteiger partial charge in [0.1, 0.15) is 6.10 Å². The molecule has 1 unspecified atom stereocenters. The highest BCUT2D eigenvalue weighted by Crippen LogP contribution is 2.27. The number of amides is 2. The average molecular weight is 390 g/mol. The molecule has 0 spiro atoms. The maximum atomic E-state index is 13.6. The molecule has 2 amide bonds. The van der Waals surface area contributed by atoms with Gasteiger partial charge in [0.25, 0.3) is 5.92 Å². The number of aliphatic hydroxyl groups is 1. The van der Waals surface area contributed by atoms with Crippen molar-refractivity contribution in [3.8, 4) is 0 Å². The van der Waals surface area contributed by atoms with Gasteiger partial charge in [-0.15, -0.1) is 0 Å². The Morgan fingerprint density at radius 1 is 1.11 bits per heavy atom. The maximum absolute atomic E-state index is 13.6. The number of likely N-dealkylation sites (tertiary alicyclic amines) is 1. The summed E-state index contributed by atoms with van der Waals surface area (Å²) in [7, 11) is 0. The van der Waals surface area contributed by atoms with Crippen LogP contribution in [-0.2, 0) is 24.5 Å². The summed E-state index contributed by atoms with van der Waals surface area (Å²) in [6, 6.07) is 16.8. The minimum Gasteiger partial charge on any atom is -0.387 e. The Bertz CT molecular complexity index is 786. The van der Waals surface area contributed by atoms with E-state index in [1.165, 1.54) is 0 Å². The van der Waals surface area contributed by atoms with Gasteiger partial charge in [-0.25, -0.2) is 13.6 Å². The van der Waals surface area contributed by atoms with E-state index in [2.05, 4.69) is 5.32 Å². The van der Waals surface area contributed by atoms with Gasteiger partial charge in [-0.1, -0.05) is 54.6 Å². The number of aliphatic hydroxyl groups excluding tert-OH is 1. The highest BCUT2D eigenvalue weighted by Gasteiger charge is 2.44. The minimum atomic E-state index is -3.28. The molecule has 28 heavy (non-hydrogen) atoms. The number of carbonyl (C=O) groups excluding carboxylic acids is 1. The van der Waals surface area contributed by atoms with E-state index < -0.39 is 24.6 Å². The summed E-state index contributed by atoms with van der Waals surface area (Å²) >= 11 is 0. The van der Waals surface area contributed by atoms with E-state index in [4.69, 9.17) is 4.74 Å². The number of piperidine rings is 1. The Hall–Kier alpha value is -2.51. The van der Waals surface area contributed by atoms with Crippen LogP contribution in [0.15, 0.2) is 54.6 Å². The van der Waals surface area contributed by atoms with Gasteiger partial charge in [-0.3, -0.25) is 0 Å². The monoisotopic (exact) mass is 390 g/mol. The third-order valence-electron chi connectivity index (χ3n) is 4.77. The lowest BCUT2D eigenvalue weighted by Crippen LogP contribution is -2.55. The van der Waals surface area contributed by atoms with Gasteiger partial charge in [0.2, 0.25) is 0 Å². The number of halogens is 2. The van der Waals surface area contributed by atoms with Crippen molar-refractivity contribution in [2.45, 2.75) is 38.2 Å². The molecule has 1 atom stereocenters. The van der Waals surface area contributed by atoms with Crippen LogP contribution in [0.1, 0.15) is 23.1 Å². The molecular weight excluding hydrogens is 366 g/mol. The van der Waals surface area contributed by atoms with E-state index in [0.29, 0.717) is 13.2 Å². The molecule has 3 rings (SSSR count). The molecule has 2 aromatic carbocycles. The Morgan fingerprint density at radius 3 is 2.50 bits per heavy atom. The van der Waals surface area contributed by atoms with E-state index in [-0.39, 0.29) is 19.5 Å². The van der Waals surface area contributed by atoms with Crippen molar-refractivity contribution in [1.29, 1.82) is 0 Å². The fourth-order valence-electron chi connectivity index (χ4n) is 3.11. The zero-order valence-corrected chi connectivity index (χ0v) is 15.5. The van der Waals surface area contributed by atoms with E-state index in [1.807, 2.05) is 54.6 Å². The summed E-state index contributed by atoms with van der Waals surface area (Å²) in [4.78, 5) is 13.3. The molecule has 1 aliphatic heterocycles. The number of carbonyl (C=O) groups is 1. The molecule has 150 valence electrons. The van der Waals surface area contributed by atoms with Crippen LogP contribution >= 0.6 is 0 Å². The number of urea groups is 1. The Kier molecular flexibility index (Phi) is 6.59. The largest absolute Gasteiger partial charge is 0.387 e. The summed E-state index contributed by atoms with van der Waals surface area (Å²) in [5, 5.41) is 12.0. The minimum absolute atomic E-state index is 0.102. The van der Waals surface area contributed by atoms with E-state index in [0.717, 1.165) is 21.6 Å². The number of benzene rings is 2. The Balaban J connectivity index is 1.52. The lowest BCUT2D eigenvalue weighted by atomic mass is 10.0. The van der Waals surface area contributed by atoms with E-state index >= 15 is 0 Å². The second kappa shape index (κ2) is 9.12. The lowest BCUT2D eigenvalue weighted by molar-refractivity contribution is -0.141. The van der Waals surface area contributed by atoms with Crippen molar-refractivity contribution >= 4 is 6.03 Å². The first-order valence-corrected chi connectivity index (χ1v) is 9.23. The lowest BCUT2D eigenvalue weighted by Gasteiger charge is -2.35. The number of alkyl halides is 2. The number of hydrogen-bond acceptors (Lipinski definition) is 3. The molecule has 1 aliphatic rings. The SMILES string of the molecule is O=C(NCc1ccccc1COCc1ccccc1)N1CCC(O)C(F)(F)C1. The molecule has 2 N–H and O–H groups in total. The van der Waals surface area contributed by atoms with Crippen LogP contribution in [0.2, 0.25) is 0 Å². The Morgan fingerprint density at radius 2 is 1.79 bits per heavy atom. The van der Waals surface area contributed by atoms with Crippen LogP contribution in [0.5, 0.6) is 0 Å². The van der Waals surface area contributed by atoms with Gasteiger partial charge in [-0.05, 0) is 23.1 Å². The molecule has 0 bridgehead atoms. The van der Waals surface area contributed by atoms with Gasteiger partial charge in [-0.2, -0.15) is 0 Å². The predicted octanol–water partition coefficient (Wildman–Crippen LogP) is 3.31. The fraction of sp³-hybridized carbons (Fsp3) is 0.381. The maximum Gasteiger partial charge on any atom is 0.317 e. The van der Waals surface area contributed by atoms with Gasteiger partial charge >= 0.3 is 6.03 Å². The first kappa shape index (κ1) is 20.2. The topological polar surface area (TPSA) is 61.8 Å². The molecule has 0 saturated carbocycles. The summed E-state index contributed by atoms with van der Waals surface area (Å²) in [6.07, 6.45) is -1.83. The number of ether oxygens (including phenoxy) is 1. The third kappa shape index (κ3) is 5.27. The zero-order chi connectivity index (χ0) is 20.0. The second-order valence-corrected chi connectivity index (χ2v) is 6.89. The van der Waals surface area contributed by atoms with Gasteiger partial charge in [0.05, 0.1) is 19.8 Å². The summed E-state index contributed by atoms with van der Waals surface area (Å²) in [5.41, 5.74) is 2.87. The highest BCUT2D eigenvalue weighted by atomic mass is 19.3. The standard InChI is InChI=1S/C21H24F2N2O3/c22-21(23)15-25(11-10-19(21)26)20(27)24-12-17-8-4-5-9-18(17)14-28-13-16-6-2-1-3-7-16/h1-9,19,26H,10-15H2,(H,24,27). The number of nitrogens with one attached hydrogen (secondary N) is 1. The normalized spacial score (nSPS) is 18.7. The van der Waals surface area contributed by atoms with Gasteiger partial charge < -0.3 is 20.1 Å². The van der Waals surface area contributed by atoms with Crippen LogP contribution in [0.3, 0.4) is 0 Å². The van der Waals surface area contributed by atoms with Crippen molar-refractivity contribution < 1.29 is 23.4 Å². The molecule has 5 nitrogen and oxygen atoms in total. The average Bonchev–Trinajstić information content (AvgIpc) is 2.70. The number of hydrogen-bond donors (Lipinski definition) is 2. The van der Waals surface area contributed by atoms with Gasteiger partial charge in [0.15, 0.2) is 0 Å². The van der Waals surface area contributed by atoms with Crippen molar-refractivity contribution in [3.63, 3.8) is 0 Å². The van der Waals surface area contributed by atoms with Crippen molar-refractivity contribution in [2.75, 3.05) is 13.1 Å². The summed E-state index contributed by atoms with van der Waals surface area (Å²) in [6.45, 7) is 0.405. The molecule has 0 radical (unpaired) electrons. The Labute approximate surface area is 162 Å². The number of rotatable bonds is 6. The van der Waals surface area contributed by atoms with Gasteiger partial charge in [0, 0.05) is 13.1 Å². The van der Waals surface area contributed by atoms with Crippen molar-refractivity contribution in [3.05, 3.63) is 71.3 Å². The molecule has 2 aromatic rings. The fourth-order valence-corrected chi connectivity index (χ4v) is 3.11. The molecule has 0 aliphatic carbocycles. The van der Waals surface area contributed by atoms with Crippen LogP contribution in [0, 0.1) is 0 Å². The molecule has 1 saturated heterocycles. The second-order valence-electron chi connectivity index (χ2n) is 6.89. The molecule has 0 aromatic heterocycles. The smallest absolute Gasteiger partial charge is 0.317 e. The van der Waals surface area contributed by atoms with Crippen molar-refractivity contribution in [1.82, 2.24) is 10.2 Å². The molecular formula is C21H24F2N2O3. The summed E-state index contributed by atoms with van der Waals surface area (Å²) in [5.74, 6) is -3.28. The van der Waals surface area contributed by atoms with E-state index in [1.54, 1.807) is 0 Å². The van der Waals surface area contributed by atoms with E-state index in [9.17, 15) is 18.7 Å². The molecule has 1 fully saturated rings. The van der Waals surface area contributed by atoms with Crippen LogP contribution < -0.4 is 5.32 Å². The first-order chi connectivity index (χ1) is 13.5. The third-order valence-corrected chi connectivity index (χ3v) is 4.77. The van der Waals surface area contributed by atoms with Crippen molar-refractivity contribution in [2.24, 2.45) is 0 Å².